The number of piperidine rings is 1. The molecule has 14 heteroatoms. The minimum atomic E-state index is -0.857. The lowest BCUT2D eigenvalue weighted by molar-refractivity contribution is -0.125. The van der Waals surface area contributed by atoms with Crippen molar-refractivity contribution in [1.82, 2.24) is 29.6 Å². The van der Waals surface area contributed by atoms with Crippen molar-refractivity contribution in [3.05, 3.63) is 88.1 Å². The summed E-state index contributed by atoms with van der Waals surface area (Å²) in [6.07, 6.45) is 4.15. The number of amides is 3. The van der Waals surface area contributed by atoms with Gasteiger partial charge in [0.15, 0.2) is 0 Å². The zero-order chi connectivity index (χ0) is 39.1. The molecule has 0 saturated carbocycles. The summed E-state index contributed by atoms with van der Waals surface area (Å²) in [5.74, 6) is 1.31. The largest absolute Gasteiger partial charge is 0.496 e. The van der Waals surface area contributed by atoms with Gasteiger partial charge in [-0.15, -0.1) is 0 Å². The molecule has 0 spiro atoms. The van der Waals surface area contributed by atoms with E-state index in [1.165, 1.54) is 0 Å². The maximum Gasteiger partial charge on any atom is 0.262 e. The number of allylic oxidation sites excluding steroid dienone is 1. The number of nitrogens with one attached hydrogen (secondary N) is 1. The van der Waals surface area contributed by atoms with E-state index in [1.54, 1.807) is 50.2 Å². The normalized spacial score (nSPS) is 18.4. The molecule has 2 atom stereocenters. The van der Waals surface area contributed by atoms with Crippen molar-refractivity contribution in [2.45, 2.75) is 38.5 Å². The van der Waals surface area contributed by atoms with Crippen LogP contribution < -0.4 is 30.0 Å². The van der Waals surface area contributed by atoms with E-state index in [0.29, 0.717) is 54.3 Å². The Kier molecular flexibility index (Phi) is 10.4. The number of rotatable bonds is 11. The number of benzene rings is 2. The van der Waals surface area contributed by atoms with Gasteiger partial charge in [0.2, 0.25) is 5.91 Å². The van der Waals surface area contributed by atoms with Crippen molar-refractivity contribution in [3.63, 3.8) is 0 Å². The summed E-state index contributed by atoms with van der Waals surface area (Å²) in [6, 6.07) is 10.0. The van der Waals surface area contributed by atoms with Gasteiger partial charge in [0.25, 0.3) is 17.4 Å². The number of imide groups is 1. The molecule has 2 fully saturated rings. The first-order valence-corrected chi connectivity index (χ1v) is 18.4. The van der Waals surface area contributed by atoms with E-state index in [9.17, 15) is 19.2 Å². The van der Waals surface area contributed by atoms with Gasteiger partial charge in [0.1, 0.15) is 35.2 Å². The smallest absolute Gasteiger partial charge is 0.262 e. The zero-order valence-corrected chi connectivity index (χ0v) is 32.2. The molecule has 3 aliphatic rings. The first-order valence-electron chi connectivity index (χ1n) is 18.4. The molecular formula is C41H47N7O7. The Hall–Kier alpha value is -5.73. The van der Waals surface area contributed by atoms with Gasteiger partial charge < -0.3 is 29.0 Å². The minimum Gasteiger partial charge on any atom is -0.496 e. The van der Waals surface area contributed by atoms with E-state index < -0.39 is 23.8 Å². The molecule has 288 valence electrons. The van der Waals surface area contributed by atoms with Gasteiger partial charge in [-0.3, -0.25) is 33.9 Å². The van der Waals surface area contributed by atoms with Crippen LogP contribution in [0, 0.1) is 0 Å². The van der Waals surface area contributed by atoms with Crippen LogP contribution in [0.15, 0.2) is 65.9 Å². The van der Waals surface area contributed by atoms with E-state index in [4.69, 9.17) is 14.2 Å². The lowest BCUT2D eigenvalue weighted by Crippen LogP contribution is -2.51. The predicted octanol–water partition coefficient (Wildman–Crippen LogP) is 3.66. The second-order valence-corrected chi connectivity index (χ2v) is 14.6. The summed E-state index contributed by atoms with van der Waals surface area (Å²) in [5.41, 5.74) is 3.68. The number of aryl methyl sites for hydroxylation is 1. The Morgan fingerprint density at radius 1 is 0.909 bits per heavy atom. The van der Waals surface area contributed by atoms with Crippen LogP contribution in [0.25, 0.3) is 21.9 Å². The molecule has 3 amide bonds. The highest BCUT2D eigenvalue weighted by molar-refractivity contribution is 6.23. The zero-order valence-electron chi connectivity index (χ0n) is 32.2. The third-order valence-corrected chi connectivity index (χ3v) is 10.7. The number of pyridine rings is 2. The van der Waals surface area contributed by atoms with Crippen molar-refractivity contribution >= 4 is 34.3 Å². The summed E-state index contributed by atoms with van der Waals surface area (Å²) >= 11 is 0. The topological polar surface area (TPSA) is 139 Å². The molecule has 2 saturated heterocycles. The van der Waals surface area contributed by atoms with E-state index in [1.807, 2.05) is 50.3 Å². The third kappa shape index (κ3) is 7.26. The van der Waals surface area contributed by atoms with Crippen LogP contribution in [0.4, 0.5) is 5.82 Å². The van der Waals surface area contributed by atoms with Crippen LogP contribution in [-0.4, -0.2) is 115 Å². The number of ether oxygens (including phenoxy) is 3. The van der Waals surface area contributed by atoms with E-state index in [2.05, 4.69) is 26.7 Å². The SMILES string of the molecule is C=C1CCC(N2C(=O)c3ccc(O[C@@H](C)CN4CCN(Cc5c(OC)cc(-c6cn(C)c(=O)c7cnc(N(C)C)cc67)cc5OC)CC4)cc3C2=O)C(=O)N1. The van der Waals surface area contributed by atoms with Gasteiger partial charge in [-0.05, 0) is 61.7 Å². The fourth-order valence-electron chi connectivity index (χ4n) is 7.71. The molecule has 4 aromatic rings. The number of hydrogen-bond donors (Lipinski definition) is 1. The number of piperazine rings is 1. The monoisotopic (exact) mass is 749 g/mol. The number of methoxy groups -OCH3 is 2. The highest BCUT2D eigenvalue weighted by Crippen LogP contribution is 2.39. The van der Waals surface area contributed by atoms with Crippen molar-refractivity contribution in [3.8, 4) is 28.4 Å². The third-order valence-electron chi connectivity index (χ3n) is 10.7. The maximum absolute atomic E-state index is 13.3. The molecule has 0 aliphatic carbocycles. The Morgan fingerprint density at radius 2 is 1.58 bits per heavy atom. The maximum atomic E-state index is 13.3. The molecule has 3 aliphatic heterocycles. The molecule has 55 heavy (non-hydrogen) atoms. The second kappa shape index (κ2) is 15.2. The fourth-order valence-corrected chi connectivity index (χ4v) is 7.71. The number of anilines is 1. The quantitative estimate of drug-likeness (QED) is 0.225. The van der Waals surface area contributed by atoms with Crippen LogP contribution in [-0.2, 0) is 18.4 Å². The fraction of sp³-hybridized carbons (Fsp3) is 0.390. The number of fused-ring (bicyclic) bond motifs is 2. The molecular weight excluding hydrogens is 702 g/mol. The molecule has 14 nitrogen and oxygen atoms in total. The van der Waals surface area contributed by atoms with Crippen LogP contribution in [0.5, 0.6) is 17.2 Å². The molecule has 2 aromatic carbocycles. The molecule has 0 radical (unpaired) electrons. The minimum absolute atomic E-state index is 0.115. The Balaban J connectivity index is 0.995. The average molecular weight is 750 g/mol. The first kappa shape index (κ1) is 37.6. The Morgan fingerprint density at radius 3 is 2.24 bits per heavy atom. The summed E-state index contributed by atoms with van der Waals surface area (Å²) in [4.78, 5) is 64.2. The number of nitrogens with zero attached hydrogens (tertiary/aromatic N) is 6. The van der Waals surface area contributed by atoms with Gasteiger partial charge in [-0.25, -0.2) is 4.98 Å². The number of carbonyl (C=O) groups is 3. The first-order chi connectivity index (χ1) is 26.4. The molecule has 7 rings (SSSR count). The van der Waals surface area contributed by atoms with Crippen LogP contribution >= 0.6 is 0 Å². The van der Waals surface area contributed by atoms with Crippen LogP contribution in [0.2, 0.25) is 0 Å². The van der Waals surface area contributed by atoms with Gasteiger partial charge in [0, 0.05) is 89.5 Å². The number of aromatic nitrogens is 2. The Labute approximate surface area is 319 Å². The van der Waals surface area contributed by atoms with Crippen LogP contribution in [0.3, 0.4) is 0 Å². The van der Waals surface area contributed by atoms with E-state index in [0.717, 1.165) is 59.0 Å². The molecule has 0 bridgehead atoms. The summed E-state index contributed by atoms with van der Waals surface area (Å²) in [7, 11) is 8.89. The van der Waals surface area contributed by atoms with Gasteiger partial charge in [-0.2, -0.15) is 0 Å². The van der Waals surface area contributed by atoms with Crippen molar-refractivity contribution in [2.75, 3.05) is 65.9 Å². The summed E-state index contributed by atoms with van der Waals surface area (Å²) < 4.78 is 19.7. The lowest BCUT2D eigenvalue weighted by atomic mass is 9.98. The number of carbonyl (C=O) groups excluding carboxylic acids is 3. The Bertz CT molecular complexity index is 2230. The highest BCUT2D eigenvalue weighted by atomic mass is 16.5. The summed E-state index contributed by atoms with van der Waals surface area (Å²) in [6.45, 7) is 10.4. The van der Waals surface area contributed by atoms with Crippen molar-refractivity contribution < 1.29 is 28.6 Å². The van der Waals surface area contributed by atoms with E-state index in [-0.39, 0.29) is 22.8 Å². The van der Waals surface area contributed by atoms with Crippen molar-refractivity contribution in [2.24, 2.45) is 7.05 Å². The molecule has 2 aromatic heterocycles. The van der Waals surface area contributed by atoms with E-state index >= 15 is 0 Å². The molecule has 5 heterocycles. The standard InChI is InChI=1S/C41H47N7O7/c1-24-8-11-34(38(49)43-24)48-40(51)28-10-9-27(18-30(28)41(48)52)55-25(2)21-46-12-14-47(15-13-46)23-33-35(53-6)16-26(17-36(33)54-7)32-22-45(5)39(50)31-20-42-37(44(3)4)19-29(31)32/h9-10,16-20,22,25,34H,1,8,11-15,21,23H2,2-7H3,(H,43,49)/t25-,34?/m0/s1. The average Bonchev–Trinajstić information content (AvgIpc) is 3.41. The van der Waals surface area contributed by atoms with Gasteiger partial charge >= 0.3 is 0 Å². The molecule has 1 N–H and O–H groups in total. The summed E-state index contributed by atoms with van der Waals surface area (Å²) in [5, 5.41) is 4.00. The van der Waals surface area contributed by atoms with Crippen LogP contribution in [0.1, 0.15) is 46.0 Å². The van der Waals surface area contributed by atoms with Gasteiger partial charge in [-0.1, -0.05) is 6.58 Å². The van der Waals surface area contributed by atoms with Crippen molar-refractivity contribution in [1.29, 1.82) is 0 Å². The molecule has 1 unspecified atom stereocenters. The highest BCUT2D eigenvalue weighted by Gasteiger charge is 2.44. The second-order valence-electron chi connectivity index (χ2n) is 14.6. The number of hydrogen-bond acceptors (Lipinski definition) is 11. The predicted molar refractivity (Wildman–Crippen MR) is 209 cm³/mol. The van der Waals surface area contributed by atoms with Gasteiger partial charge in [0.05, 0.1) is 36.3 Å². The lowest BCUT2D eigenvalue weighted by Gasteiger charge is -2.36.